The Morgan fingerprint density at radius 1 is 1.18 bits per heavy atom. The van der Waals surface area contributed by atoms with Gasteiger partial charge in [-0.2, -0.15) is 13.2 Å². The van der Waals surface area contributed by atoms with Gasteiger partial charge in [-0.15, -0.1) is 0 Å². The maximum atomic E-state index is 13.7. The van der Waals surface area contributed by atoms with Crippen molar-refractivity contribution < 1.29 is 22.8 Å². The molecule has 0 spiro atoms. The SMILES string of the molecule is CC(=O)Nc1ccc(-c2ccc(N(CC3CC3)C(C)=O)c(C(F)(F)F)c2)nc1. The van der Waals surface area contributed by atoms with Crippen LogP contribution >= 0.6 is 0 Å². The summed E-state index contributed by atoms with van der Waals surface area (Å²) in [5, 5.41) is 2.55. The molecule has 0 saturated heterocycles. The Morgan fingerprint density at radius 2 is 1.89 bits per heavy atom. The highest BCUT2D eigenvalue weighted by Gasteiger charge is 2.37. The van der Waals surface area contributed by atoms with Crippen molar-refractivity contribution in [2.24, 2.45) is 5.92 Å². The Morgan fingerprint density at radius 3 is 2.39 bits per heavy atom. The van der Waals surface area contributed by atoms with E-state index in [0.717, 1.165) is 18.9 Å². The maximum Gasteiger partial charge on any atom is 0.418 e. The summed E-state index contributed by atoms with van der Waals surface area (Å²) in [6.07, 6.45) is -1.38. The number of carbonyl (C=O) groups excluding carboxylic acids is 2. The second-order valence-electron chi connectivity index (χ2n) is 6.92. The molecule has 0 atom stereocenters. The van der Waals surface area contributed by atoms with Crippen molar-refractivity contribution in [1.82, 2.24) is 4.98 Å². The van der Waals surface area contributed by atoms with Crippen molar-refractivity contribution in [3.63, 3.8) is 0 Å². The van der Waals surface area contributed by atoms with Gasteiger partial charge in [-0.25, -0.2) is 0 Å². The third-order valence-electron chi connectivity index (χ3n) is 4.49. The molecule has 5 nitrogen and oxygen atoms in total. The van der Waals surface area contributed by atoms with Crippen molar-refractivity contribution in [2.45, 2.75) is 32.9 Å². The minimum absolute atomic E-state index is 0.134. The molecule has 0 unspecified atom stereocenters. The quantitative estimate of drug-likeness (QED) is 0.817. The van der Waals surface area contributed by atoms with E-state index in [-0.39, 0.29) is 23.1 Å². The molecular formula is C20H20F3N3O2. The number of nitrogens with zero attached hydrogens (tertiary/aromatic N) is 2. The van der Waals surface area contributed by atoms with Gasteiger partial charge in [0.1, 0.15) is 0 Å². The first-order valence-electron chi connectivity index (χ1n) is 8.88. The molecule has 1 aromatic carbocycles. The summed E-state index contributed by atoms with van der Waals surface area (Å²) in [4.78, 5) is 28.4. The molecule has 0 radical (unpaired) electrons. The Bertz CT molecular complexity index is 891. The molecule has 3 rings (SSSR count). The summed E-state index contributed by atoms with van der Waals surface area (Å²) < 4.78 is 41.2. The van der Waals surface area contributed by atoms with Crippen molar-refractivity contribution >= 4 is 23.2 Å². The van der Waals surface area contributed by atoms with Crippen LogP contribution in [-0.2, 0) is 15.8 Å². The lowest BCUT2D eigenvalue weighted by atomic mass is 10.0. The van der Waals surface area contributed by atoms with E-state index in [9.17, 15) is 22.8 Å². The molecule has 1 heterocycles. The van der Waals surface area contributed by atoms with E-state index in [0.29, 0.717) is 17.9 Å². The summed E-state index contributed by atoms with van der Waals surface area (Å²) >= 11 is 0. The summed E-state index contributed by atoms with van der Waals surface area (Å²) in [6, 6.07) is 6.96. The average Bonchev–Trinajstić information content (AvgIpc) is 3.43. The number of pyridine rings is 1. The molecule has 8 heteroatoms. The standard InChI is InChI=1S/C20H20F3N3O2/c1-12(27)25-16-6-7-18(24-10-16)15-5-8-19(17(9-15)20(21,22)23)26(13(2)28)11-14-3-4-14/h5-10,14H,3-4,11H2,1-2H3,(H,25,27). The van der Waals surface area contributed by atoms with Crippen LogP contribution in [0, 0.1) is 5.92 Å². The van der Waals surface area contributed by atoms with Crippen LogP contribution in [0.1, 0.15) is 32.3 Å². The molecule has 148 valence electrons. The first-order chi connectivity index (χ1) is 13.1. The van der Waals surface area contributed by atoms with Crippen LogP contribution < -0.4 is 10.2 Å². The fourth-order valence-corrected chi connectivity index (χ4v) is 2.95. The molecule has 2 amide bonds. The molecule has 1 N–H and O–H groups in total. The minimum atomic E-state index is -4.61. The van der Waals surface area contributed by atoms with E-state index >= 15 is 0 Å². The van der Waals surface area contributed by atoms with E-state index in [4.69, 9.17) is 0 Å². The smallest absolute Gasteiger partial charge is 0.325 e. The lowest BCUT2D eigenvalue weighted by Gasteiger charge is -2.25. The van der Waals surface area contributed by atoms with E-state index in [1.165, 1.54) is 43.1 Å². The van der Waals surface area contributed by atoms with Crippen LogP contribution in [0.5, 0.6) is 0 Å². The summed E-state index contributed by atoms with van der Waals surface area (Å²) in [5.41, 5.74) is 0.0679. The van der Waals surface area contributed by atoms with Crippen LogP contribution in [0.15, 0.2) is 36.5 Å². The first kappa shape index (κ1) is 19.9. The van der Waals surface area contributed by atoms with Crippen molar-refractivity contribution in [3.05, 3.63) is 42.1 Å². The number of aromatic nitrogens is 1. The fraction of sp³-hybridized carbons (Fsp3) is 0.350. The number of anilines is 2. The summed E-state index contributed by atoms with van der Waals surface area (Å²) in [6.45, 7) is 2.92. The number of carbonyl (C=O) groups is 2. The monoisotopic (exact) mass is 391 g/mol. The molecule has 0 aliphatic heterocycles. The van der Waals surface area contributed by atoms with Gasteiger partial charge in [-0.1, -0.05) is 6.07 Å². The molecule has 0 bridgehead atoms. The number of alkyl halides is 3. The predicted molar refractivity (Wildman–Crippen MR) is 99.7 cm³/mol. The Hall–Kier alpha value is -2.90. The van der Waals surface area contributed by atoms with Gasteiger partial charge in [0.25, 0.3) is 0 Å². The van der Waals surface area contributed by atoms with Crippen molar-refractivity contribution in [1.29, 1.82) is 0 Å². The second-order valence-corrected chi connectivity index (χ2v) is 6.92. The van der Waals surface area contributed by atoms with E-state index in [1.54, 1.807) is 6.07 Å². The molecule has 1 saturated carbocycles. The lowest BCUT2D eigenvalue weighted by molar-refractivity contribution is -0.137. The summed E-state index contributed by atoms with van der Waals surface area (Å²) in [7, 11) is 0. The third kappa shape index (κ3) is 4.68. The number of nitrogens with one attached hydrogen (secondary N) is 1. The van der Waals surface area contributed by atoms with Crippen LogP contribution in [0.3, 0.4) is 0 Å². The van der Waals surface area contributed by atoms with Crippen molar-refractivity contribution in [3.8, 4) is 11.3 Å². The lowest BCUT2D eigenvalue weighted by Crippen LogP contribution is -2.32. The largest absolute Gasteiger partial charge is 0.418 e. The molecular weight excluding hydrogens is 371 g/mol. The van der Waals surface area contributed by atoms with Gasteiger partial charge in [0.05, 0.1) is 28.8 Å². The van der Waals surface area contributed by atoms with Gasteiger partial charge < -0.3 is 10.2 Å². The molecule has 1 aliphatic carbocycles. The van der Waals surface area contributed by atoms with Gasteiger partial charge in [0.15, 0.2) is 0 Å². The van der Waals surface area contributed by atoms with E-state index in [2.05, 4.69) is 10.3 Å². The zero-order valence-electron chi connectivity index (χ0n) is 15.5. The number of halogens is 3. The van der Waals surface area contributed by atoms with Crippen LogP contribution in [-0.4, -0.2) is 23.3 Å². The van der Waals surface area contributed by atoms with Crippen LogP contribution in [0.4, 0.5) is 24.5 Å². The van der Waals surface area contributed by atoms with Gasteiger partial charge in [-0.05, 0) is 43.0 Å². The van der Waals surface area contributed by atoms with Gasteiger partial charge >= 0.3 is 6.18 Å². The molecule has 1 aromatic heterocycles. The molecule has 2 aromatic rings. The maximum absolute atomic E-state index is 13.7. The number of hydrogen-bond donors (Lipinski definition) is 1. The van der Waals surface area contributed by atoms with Crippen LogP contribution in [0.25, 0.3) is 11.3 Å². The normalized spacial score (nSPS) is 13.9. The number of benzene rings is 1. The Balaban J connectivity index is 1.98. The second kappa shape index (κ2) is 7.61. The van der Waals surface area contributed by atoms with Gasteiger partial charge in [-0.3, -0.25) is 14.6 Å². The molecule has 1 fully saturated rings. The van der Waals surface area contributed by atoms with E-state index < -0.39 is 17.6 Å². The summed E-state index contributed by atoms with van der Waals surface area (Å²) in [5.74, 6) is -0.422. The van der Waals surface area contributed by atoms with Gasteiger partial charge in [0, 0.05) is 26.0 Å². The Labute approximate surface area is 160 Å². The zero-order valence-corrected chi connectivity index (χ0v) is 15.5. The Kier molecular flexibility index (Phi) is 5.40. The highest BCUT2D eigenvalue weighted by Crippen LogP contribution is 2.40. The fourth-order valence-electron chi connectivity index (χ4n) is 2.95. The van der Waals surface area contributed by atoms with Crippen LogP contribution in [0.2, 0.25) is 0 Å². The average molecular weight is 391 g/mol. The highest BCUT2D eigenvalue weighted by molar-refractivity contribution is 5.93. The first-order valence-corrected chi connectivity index (χ1v) is 8.88. The van der Waals surface area contributed by atoms with E-state index in [1.807, 2.05) is 0 Å². The zero-order chi connectivity index (χ0) is 20.5. The minimum Gasteiger partial charge on any atom is -0.325 e. The highest BCUT2D eigenvalue weighted by atomic mass is 19.4. The predicted octanol–water partition coefficient (Wildman–Crippen LogP) is 4.49. The molecule has 28 heavy (non-hydrogen) atoms. The topological polar surface area (TPSA) is 62.3 Å². The number of hydrogen-bond acceptors (Lipinski definition) is 3. The van der Waals surface area contributed by atoms with Gasteiger partial charge in [0.2, 0.25) is 11.8 Å². The van der Waals surface area contributed by atoms with Crippen molar-refractivity contribution in [2.75, 3.05) is 16.8 Å². The third-order valence-corrected chi connectivity index (χ3v) is 4.49. The number of amides is 2. The number of rotatable bonds is 5. The molecule has 1 aliphatic rings.